The summed E-state index contributed by atoms with van der Waals surface area (Å²) >= 11 is 0. The van der Waals surface area contributed by atoms with Gasteiger partial charge in [0.15, 0.2) is 0 Å². The first-order chi connectivity index (χ1) is 9.57. The summed E-state index contributed by atoms with van der Waals surface area (Å²) in [5, 5.41) is 6.63. The minimum atomic E-state index is -4.17. The summed E-state index contributed by atoms with van der Waals surface area (Å²) in [6.45, 7) is 5.83. The normalized spacial score (nSPS) is 19.1. The molecule has 0 saturated carbocycles. The van der Waals surface area contributed by atoms with Crippen LogP contribution in [0.4, 0.5) is 0 Å². The molecule has 0 atom stereocenters. The van der Waals surface area contributed by atoms with Crippen LogP contribution in [0.1, 0.15) is 5.56 Å². The first-order valence-corrected chi connectivity index (χ1v) is 8.20. The summed E-state index contributed by atoms with van der Waals surface area (Å²) in [6.07, 6.45) is 0. The Balaban J connectivity index is 2.11. The lowest BCUT2D eigenvalue weighted by molar-refractivity contribution is 0.270. The summed E-state index contributed by atoms with van der Waals surface area (Å²) in [5.74, 6) is 0. The Morgan fingerprint density at radius 1 is 1.05 bits per heavy atom. The Labute approximate surface area is 119 Å². The molecule has 0 aliphatic carbocycles. The third-order valence-corrected chi connectivity index (χ3v) is 4.29. The Kier molecular flexibility index (Phi) is 5.50. The maximum absolute atomic E-state index is 11.4. The molecule has 1 aromatic rings. The van der Waals surface area contributed by atoms with Crippen LogP contribution in [0, 0.1) is 0 Å². The topological polar surface area (TPSA) is 81.7 Å². The molecule has 1 aliphatic heterocycles. The van der Waals surface area contributed by atoms with Crippen LogP contribution in [-0.4, -0.2) is 57.1 Å². The molecule has 6 nitrogen and oxygen atoms in total. The summed E-state index contributed by atoms with van der Waals surface area (Å²) in [4.78, 5) is 2.18. The molecule has 1 fully saturated rings. The van der Waals surface area contributed by atoms with E-state index in [1.807, 2.05) is 0 Å². The van der Waals surface area contributed by atoms with Crippen LogP contribution in [0.2, 0.25) is 0 Å². The third kappa shape index (κ3) is 4.53. The fourth-order valence-corrected chi connectivity index (χ4v) is 3.01. The number of benzene rings is 1. The van der Waals surface area contributed by atoms with E-state index in [-0.39, 0.29) is 4.90 Å². The first-order valence-electron chi connectivity index (χ1n) is 6.76. The van der Waals surface area contributed by atoms with Gasteiger partial charge in [-0.2, -0.15) is 8.42 Å². The Morgan fingerprint density at radius 3 is 2.25 bits per heavy atom. The van der Waals surface area contributed by atoms with Crippen LogP contribution in [0.15, 0.2) is 29.2 Å². The fraction of sp³-hybridized carbons (Fsp3) is 0.538. The van der Waals surface area contributed by atoms with E-state index in [2.05, 4.69) is 15.5 Å². The van der Waals surface area contributed by atoms with Crippen molar-refractivity contribution in [3.8, 4) is 0 Å². The van der Waals surface area contributed by atoms with Gasteiger partial charge in [-0.25, -0.2) is 0 Å². The highest BCUT2D eigenvalue weighted by Crippen LogP contribution is 2.16. The average Bonchev–Trinajstić information content (AvgIpc) is 2.52. The van der Waals surface area contributed by atoms with Crippen LogP contribution >= 0.6 is 0 Å². The molecule has 0 amide bonds. The van der Waals surface area contributed by atoms with Crippen LogP contribution in [-0.2, 0) is 16.7 Å². The molecule has 112 valence electrons. The Bertz CT molecular complexity index is 523. The lowest BCUT2D eigenvalue weighted by Crippen LogP contribution is -2.33. The number of hydrogen-bond donors (Lipinski definition) is 3. The van der Waals surface area contributed by atoms with Crippen molar-refractivity contribution < 1.29 is 13.0 Å². The molecule has 0 spiro atoms. The van der Waals surface area contributed by atoms with Crippen LogP contribution in [0.3, 0.4) is 0 Å². The average molecular weight is 299 g/mol. The largest absolute Gasteiger partial charge is 0.314 e. The highest BCUT2D eigenvalue weighted by molar-refractivity contribution is 7.85. The predicted molar refractivity (Wildman–Crippen MR) is 77.3 cm³/mol. The molecule has 1 aliphatic rings. The molecule has 0 radical (unpaired) electrons. The van der Waals surface area contributed by atoms with Crippen molar-refractivity contribution in [2.24, 2.45) is 0 Å². The molecule has 7 heteroatoms. The second-order valence-corrected chi connectivity index (χ2v) is 6.25. The maximum atomic E-state index is 11.4. The molecule has 20 heavy (non-hydrogen) atoms. The van der Waals surface area contributed by atoms with E-state index in [1.54, 1.807) is 18.2 Å². The van der Waals surface area contributed by atoms with Crippen molar-refractivity contribution in [2.75, 3.05) is 39.3 Å². The SMILES string of the molecule is O=S(=O)(O)c1ccccc1CN1CCNCCNCC1. The lowest BCUT2D eigenvalue weighted by atomic mass is 10.2. The van der Waals surface area contributed by atoms with E-state index in [0.29, 0.717) is 12.1 Å². The fourth-order valence-electron chi connectivity index (χ4n) is 2.30. The molecule has 1 aromatic carbocycles. The number of hydrogen-bond acceptors (Lipinski definition) is 5. The minimum absolute atomic E-state index is 0.000732. The van der Waals surface area contributed by atoms with Gasteiger partial charge < -0.3 is 10.6 Å². The van der Waals surface area contributed by atoms with Gasteiger partial charge in [-0.15, -0.1) is 0 Å². The van der Waals surface area contributed by atoms with Gasteiger partial charge >= 0.3 is 0 Å². The van der Waals surface area contributed by atoms with Crippen molar-refractivity contribution in [3.63, 3.8) is 0 Å². The van der Waals surface area contributed by atoms with Crippen LogP contribution in [0.5, 0.6) is 0 Å². The quantitative estimate of drug-likeness (QED) is 0.678. The number of nitrogens with one attached hydrogen (secondary N) is 2. The first kappa shape index (κ1) is 15.4. The predicted octanol–water partition coefficient (Wildman–Crippen LogP) is -0.0719. The third-order valence-electron chi connectivity index (χ3n) is 3.33. The standard InChI is InChI=1S/C13H21N3O3S/c17-20(18,19)13-4-2-1-3-12(13)11-16-9-7-14-5-6-15-8-10-16/h1-4,14-15H,5-11H2,(H,17,18,19). The zero-order valence-corrected chi connectivity index (χ0v) is 12.2. The molecular weight excluding hydrogens is 278 g/mol. The van der Waals surface area contributed by atoms with Crippen molar-refractivity contribution in [1.82, 2.24) is 15.5 Å². The van der Waals surface area contributed by atoms with Gasteiger partial charge in [0.1, 0.15) is 0 Å². The van der Waals surface area contributed by atoms with Crippen molar-refractivity contribution in [1.29, 1.82) is 0 Å². The second-order valence-electron chi connectivity index (χ2n) is 4.86. The van der Waals surface area contributed by atoms with Gasteiger partial charge in [-0.05, 0) is 11.6 Å². The van der Waals surface area contributed by atoms with Crippen LogP contribution in [0.25, 0.3) is 0 Å². The van der Waals surface area contributed by atoms with Crippen molar-refractivity contribution >= 4 is 10.1 Å². The van der Waals surface area contributed by atoms with E-state index in [4.69, 9.17) is 0 Å². The molecule has 0 unspecified atom stereocenters. The van der Waals surface area contributed by atoms with Gasteiger partial charge in [0.05, 0.1) is 4.90 Å². The molecule has 0 bridgehead atoms. The van der Waals surface area contributed by atoms with Gasteiger partial charge in [-0.3, -0.25) is 9.45 Å². The van der Waals surface area contributed by atoms with Crippen molar-refractivity contribution in [3.05, 3.63) is 29.8 Å². The Morgan fingerprint density at radius 2 is 1.65 bits per heavy atom. The summed E-state index contributed by atoms with van der Waals surface area (Å²) in [5.41, 5.74) is 0.634. The molecular formula is C13H21N3O3S. The Hall–Kier alpha value is -0.990. The molecule has 1 heterocycles. The summed E-state index contributed by atoms with van der Waals surface area (Å²) < 4.78 is 32.0. The van der Waals surface area contributed by atoms with E-state index < -0.39 is 10.1 Å². The molecule has 0 aromatic heterocycles. The van der Waals surface area contributed by atoms with E-state index >= 15 is 0 Å². The highest BCUT2D eigenvalue weighted by Gasteiger charge is 2.17. The van der Waals surface area contributed by atoms with E-state index in [0.717, 1.165) is 39.3 Å². The van der Waals surface area contributed by atoms with Gasteiger partial charge in [-0.1, -0.05) is 18.2 Å². The maximum Gasteiger partial charge on any atom is 0.294 e. The highest BCUT2D eigenvalue weighted by atomic mass is 32.2. The molecule has 2 rings (SSSR count). The van der Waals surface area contributed by atoms with Gasteiger partial charge in [0.2, 0.25) is 0 Å². The number of rotatable bonds is 3. The minimum Gasteiger partial charge on any atom is -0.314 e. The molecule has 3 N–H and O–H groups in total. The lowest BCUT2D eigenvalue weighted by Gasteiger charge is -2.22. The smallest absolute Gasteiger partial charge is 0.294 e. The summed E-state index contributed by atoms with van der Waals surface area (Å²) in [7, 11) is -4.17. The van der Waals surface area contributed by atoms with Gasteiger partial charge in [0, 0.05) is 45.8 Å². The zero-order valence-electron chi connectivity index (χ0n) is 11.4. The van der Waals surface area contributed by atoms with Gasteiger partial charge in [0.25, 0.3) is 10.1 Å². The van der Waals surface area contributed by atoms with E-state index in [9.17, 15) is 13.0 Å². The zero-order chi connectivity index (χ0) is 14.4. The second kappa shape index (κ2) is 7.14. The van der Waals surface area contributed by atoms with Crippen LogP contribution < -0.4 is 10.6 Å². The monoisotopic (exact) mass is 299 g/mol. The van der Waals surface area contributed by atoms with Crippen molar-refractivity contribution in [2.45, 2.75) is 11.4 Å². The van der Waals surface area contributed by atoms with E-state index in [1.165, 1.54) is 6.07 Å². The molecule has 1 saturated heterocycles. The summed E-state index contributed by atoms with van der Waals surface area (Å²) in [6, 6.07) is 6.60. The number of nitrogens with zero attached hydrogens (tertiary/aromatic N) is 1.